The van der Waals surface area contributed by atoms with Crippen LogP contribution in [0.5, 0.6) is 0 Å². The van der Waals surface area contributed by atoms with Crippen molar-refractivity contribution >= 4 is 5.83 Å². The fraction of sp³-hybridized carbons (Fsp3) is 0.200. The predicted octanol–water partition coefficient (Wildman–Crippen LogP) is 3.24. The largest absolute Gasteiger partial charge is 0.207 e. The molecule has 1 heteroatoms. The van der Waals surface area contributed by atoms with Crippen molar-refractivity contribution in [2.24, 2.45) is 0 Å². The van der Waals surface area contributed by atoms with E-state index in [1.165, 1.54) is 0 Å². The van der Waals surface area contributed by atoms with E-state index in [9.17, 15) is 4.39 Å². The maximum Gasteiger partial charge on any atom is 0.123 e. The Morgan fingerprint density at radius 2 is 2.00 bits per heavy atom. The molecule has 1 rings (SSSR count). The third kappa shape index (κ3) is 1.48. The summed E-state index contributed by atoms with van der Waals surface area (Å²) in [6.07, 6.45) is 0. The number of halogens is 1. The van der Waals surface area contributed by atoms with Gasteiger partial charge in [0.05, 0.1) is 0 Å². The van der Waals surface area contributed by atoms with Crippen LogP contribution in [0.3, 0.4) is 0 Å². The molecule has 0 atom stereocenters. The molecule has 0 nitrogen and oxygen atoms in total. The minimum Gasteiger partial charge on any atom is -0.207 e. The summed E-state index contributed by atoms with van der Waals surface area (Å²) in [6.45, 7) is 7.12. The van der Waals surface area contributed by atoms with Crippen LogP contribution in [0.15, 0.2) is 24.8 Å². The van der Waals surface area contributed by atoms with Gasteiger partial charge in [-0.15, -0.1) is 0 Å². The van der Waals surface area contributed by atoms with Crippen molar-refractivity contribution in [1.29, 1.82) is 0 Å². The van der Waals surface area contributed by atoms with Crippen LogP contribution < -0.4 is 0 Å². The molecular formula is C10H11F. The Labute approximate surface area is 66.4 Å². The zero-order valence-corrected chi connectivity index (χ0v) is 6.82. The SMILES string of the molecule is C=C(F)c1cccc(C)c1C. The minimum absolute atomic E-state index is 0.355. The lowest BCUT2D eigenvalue weighted by molar-refractivity contribution is 0.761. The summed E-state index contributed by atoms with van der Waals surface area (Å²) in [7, 11) is 0. The molecule has 0 spiro atoms. The van der Waals surface area contributed by atoms with E-state index in [0.717, 1.165) is 11.1 Å². The Bertz CT molecular complexity index is 287. The summed E-state index contributed by atoms with van der Waals surface area (Å²) in [5.74, 6) is -0.355. The van der Waals surface area contributed by atoms with E-state index < -0.39 is 0 Å². The van der Waals surface area contributed by atoms with Crippen LogP contribution in [-0.4, -0.2) is 0 Å². The first-order chi connectivity index (χ1) is 5.13. The second-order valence-electron chi connectivity index (χ2n) is 2.65. The number of benzene rings is 1. The topological polar surface area (TPSA) is 0 Å². The molecule has 0 radical (unpaired) electrons. The van der Waals surface area contributed by atoms with E-state index in [2.05, 4.69) is 6.58 Å². The zero-order chi connectivity index (χ0) is 8.43. The molecule has 0 heterocycles. The van der Waals surface area contributed by atoms with E-state index in [0.29, 0.717) is 5.56 Å². The molecule has 0 saturated carbocycles. The first-order valence-electron chi connectivity index (χ1n) is 3.54. The molecule has 0 aliphatic heterocycles. The number of aryl methyl sites for hydroxylation is 1. The van der Waals surface area contributed by atoms with Gasteiger partial charge in [0.1, 0.15) is 5.83 Å². The van der Waals surface area contributed by atoms with E-state index in [-0.39, 0.29) is 5.83 Å². The van der Waals surface area contributed by atoms with Crippen molar-refractivity contribution in [1.82, 2.24) is 0 Å². The molecule has 0 saturated heterocycles. The Morgan fingerprint density at radius 3 is 2.45 bits per heavy atom. The molecule has 0 N–H and O–H groups in total. The lowest BCUT2D eigenvalue weighted by atomic mass is 10.0. The normalized spacial score (nSPS) is 9.73. The van der Waals surface area contributed by atoms with E-state index >= 15 is 0 Å². The summed E-state index contributed by atoms with van der Waals surface area (Å²) < 4.78 is 12.7. The Kier molecular flexibility index (Phi) is 2.08. The Balaban J connectivity index is 3.27. The van der Waals surface area contributed by atoms with Crippen LogP contribution in [0.25, 0.3) is 5.83 Å². The second-order valence-corrected chi connectivity index (χ2v) is 2.65. The molecular weight excluding hydrogens is 139 g/mol. The lowest BCUT2D eigenvalue weighted by Crippen LogP contribution is -1.86. The van der Waals surface area contributed by atoms with Gasteiger partial charge in [-0.25, -0.2) is 4.39 Å². The predicted molar refractivity (Wildman–Crippen MR) is 46.1 cm³/mol. The molecule has 0 bridgehead atoms. The van der Waals surface area contributed by atoms with Crippen LogP contribution in [0.2, 0.25) is 0 Å². The van der Waals surface area contributed by atoms with E-state index in [1.54, 1.807) is 6.07 Å². The summed E-state index contributed by atoms with van der Waals surface area (Å²) in [4.78, 5) is 0. The van der Waals surface area contributed by atoms with Crippen molar-refractivity contribution in [3.63, 3.8) is 0 Å². The number of hydrogen-bond acceptors (Lipinski definition) is 0. The van der Waals surface area contributed by atoms with Crippen molar-refractivity contribution in [2.75, 3.05) is 0 Å². The highest BCUT2D eigenvalue weighted by Gasteiger charge is 2.02. The van der Waals surface area contributed by atoms with Crippen LogP contribution >= 0.6 is 0 Å². The molecule has 0 aliphatic carbocycles. The molecule has 58 valence electrons. The average Bonchev–Trinajstić information content (AvgIpc) is 1.94. The molecule has 1 aromatic carbocycles. The smallest absolute Gasteiger partial charge is 0.123 e. The van der Waals surface area contributed by atoms with E-state index in [1.807, 2.05) is 26.0 Å². The van der Waals surface area contributed by atoms with Gasteiger partial charge in [0, 0.05) is 5.56 Å². The Morgan fingerprint density at radius 1 is 1.36 bits per heavy atom. The highest BCUT2D eigenvalue weighted by Crippen LogP contribution is 2.20. The van der Waals surface area contributed by atoms with Gasteiger partial charge in [-0.3, -0.25) is 0 Å². The molecule has 0 aliphatic rings. The summed E-state index contributed by atoms with van der Waals surface area (Å²) in [6, 6.07) is 5.54. The average molecular weight is 150 g/mol. The molecule has 11 heavy (non-hydrogen) atoms. The highest BCUT2D eigenvalue weighted by atomic mass is 19.1. The quantitative estimate of drug-likeness (QED) is 0.576. The molecule has 0 unspecified atom stereocenters. The van der Waals surface area contributed by atoms with Crippen molar-refractivity contribution in [3.05, 3.63) is 41.5 Å². The summed E-state index contributed by atoms with van der Waals surface area (Å²) in [5.41, 5.74) is 2.69. The van der Waals surface area contributed by atoms with Crippen LogP contribution in [-0.2, 0) is 0 Å². The third-order valence-electron chi connectivity index (χ3n) is 1.90. The Hall–Kier alpha value is -1.11. The molecule has 1 aromatic rings. The first-order valence-corrected chi connectivity index (χ1v) is 3.54. The van der Waals surface area contributed by atoms with Gasteiger partial charge in [-0.2, -0.15) is 0 Å². The van der Waals surface area contributed by atoms with Gasteiger partial charge in [-0.1, -0.05) is 24.8 Å². The monoisotopic (exact) mass is 150 g/mol. The van der Waals surface area contributed by atoms with Gasteiger partial charge in [-0.05, 0) is 25.0 Å². The minimum atomic E-state index is -0.355. The fourth-order valence-corrected chi connectivity index (χ4v) is 1.04. The maximum absolute atomic E-state index is 12.7. The van der Waals surface area contributed by atoms with Crippen molar-refractivity contribution < 1.29 is 4.39 Å². The molecule has 0 fully saturated rings. The zero-order valence-electron chi connectivity index (χ0n) is 6.82. The number of hydrogen-bond donors (Lipinski definition) is 0. The van der Waals surface area contributed by atoms with Crippen LogP contribution in [0.1, 0.15) is 16.7 Å². The van der Waals surface area contributed by atoms with Crippen LogP contribution in [0, 0.1) is 13.8 Å². The lowest BCUT2D eigenvalue weighted by Gasteiger charge is -2.04. The highest BCUT2D eigenvalue weighted by molar-refractivity contribution is 5.61. The van der Waals surface area contributed by atoms with E-state index in [4.69, 9.17) is 0 Å². The van der Waals surface area contributed by atoms with Crippen molar-refractivity contribution in [3.8, 4) is 0 Å². The summed E-state index contributed by atoms with van der Waals surface area (Å²) in [5, 5.41) is 0. The fourth-order valence-electron chi connectivity index (χ4n) is 1.04. The van der Waals surface area contributed by atoms with Crippen LogP contribution in [0.4, 0.5) is 4.39 Å². The van der Waals surface area contributed by atoms with Gasteiger partial charge in [0.25, 0.3) is 0 Å². The van der Waals surface area contributed by atoms with Gasteiger partial charge in [0.2, 0.25) is 0 Å². The maximum atomic E-state index is 12.7. The first kappa shape index (κ1) is 7.99. The summed E-state index contributed by atoms with van der Waals surface area (Å²) >= 11 is 0. The van der Waals surface area contributed by atoms with Gasteiger partial charge in [0.15, 0.2) is 0 Å². The third-order valence-corrected chi connectivity index (χ3v) is 1.90. The van der Waals surface area contributed by atoms with Gasteiger partial charge < -0.3 is 0 Å². The molecule has 0 amide bonds. The van der Waals surface area contributed by atoms with Gasteiger partial charge >= 0.3 is 0 Å². The standard InChI is InChI=1S/C10H11F/c1-7-5-4-6-10(8(7)2)9(3)11/h4-6H,3H2,1-2H3. The molecule has 0 aromatic heterocycles. The number of rotatable bonds is 1. The second kappa shape index (κ2) is 2.87. The van der Waals surface area contributed by atoms with Crippen molar-refractivity contribution in [2.45, 2.75) is 13.8 Å².